The lowest BCUT2D eigenvalue weighted by molar-refractivity contribution is -0.197. The average molecular weight is 497 g/mol. The van der Waals surface area contributed by atoms with Crippen LogP contribution in [0.25, 0.3) is 0 Å². The van der Waals surface area contributed by atoms with Gasteiger partial charge >= 0.3 is 0 Å². The van der Waals surface area contributed by atoms with Crippen LogP contribution in [0.3, 0.4) is 0 Å². The first-order chi connectivity index (χ1) is 18.4. The Balaban J connectivity index is 0.000000469. The zero-order valence-electron chi connectivity index (χ0n) is 21.2. The minimum absolute atomic E-state index is 0.0389. The minimum atomic E-state index is -0.187. The Bertz CT molecular complexity index is 1060. The van der Waals surface area contributed by atoms with Crippen molar-refractivity contribution in [2.45, 2.75) is 44.6 Å². The zero-order chi connectivity index (χ0) is 25.4. The van der Waals surface area contributed by atoms with E-state index < -0.39 is 0 Å². The molecule has 1 saturated heterocycles. The fourth-order valence-electron chi connectivity index (χ4n) is 4.17. The molecule has 3 atom stereocenters. The van der Waals surface area contributed by atoms with Gasteiger partial charge in [-0.25, -0.2) is 0 Å². The highest BCUT2D eigenvalue weighted by molar-refractivity contribution is 5.15. The fourth-order valence-corrected chi connectivity index (χ4v) is 4.17. The Hall–Kier alpha value is -3.28. The molecule has 4 heteroatoms. The lowest BCUT2D eigenvalue weighted by Gasteiger charge is -2.37. The van der Waals surface area contributed by atoms with E-state index in [1.54, 1.807) is 0 Å². The SMILES string of the molecule is c1ccc(COCC2OCCC(OCc3ccccc3)C2OCc2ccccc2)cc1.c1ccccc1. The normalized spacial score (nSPS) is 19.0. The first-order valence-electron chi connectivity index (χ1n) is 12.9. The Morgan fingerprint density at radius 3 is 1.49 bits per heavy atom. The number of hydrogen-bond donors (Lipinski definition) is 0. The second-order valence-electron chi connectivity index (χ2n) is 8.95. The molecule has 1 aliphatic rings. The molecular weight excluding hydrogens is 460 g/mol. The molecule has 0 bridgehead atoms. The third-order valence-electron chi connectivity index (χ3n) is 6.12. The second kappa shape index (κ2) is 15.7. The van der Waals surface area contributed by atoms with Crippen molar-refractivity contribution in [2.24, 2.45) is 0 Å². The summed E-state index contributed by atoms with van der Waals surface area (Å²) in [6.45, 7) is 2.76. The van der Waals surface area contributed by atoms with Gasteiger partial charge in [0.2, 0.25) is 0 Å². The summed E-state index contributed by atoms with van der Waals surface area (Å²) in [5, 5.41) is 0. The van der Waals surface area contributed by atoms with Crippen molar-refractivity contribution in [1.29, 1.82) is 0 Å². The van der Waals surface area contributed by atoms with Crippen molar-refractivity contribution in [3.8, 4) is 0 Å². The molecule has 0 spiro atoms. The molecule has 4 nitrogen and oxygen atoms in total. The number of ether oxygens (including phenoxy) is 4. The van der Waals surface area contributed by atoms with E-state index >= 15 is 0 Å². The predicted molar refractivity (Wildman–Crippen MR) is 147 cm³/mol. The maximum absolute atomic E-state index is 6.36. The van der Waals surface area contributed by atoms with Gasteiger partial charge in [-0.3, -0.25) is 0 Å². The molecule has 1 fully saturated rings. The van der Waals surface area contributed by atoms with Crippen molar-refractivity contribution >= 4 is 0 Å². The Labute approximate surface area is 220 Å². The van der Waals surface area contributed by atoms with Crippen LogP contribution in [-0.4, -0.2) is 31.5 Å². The van der Waals surface area contributed by atoms with Crippen LogP contribution in [0.4, 0.5) is 0 Å². The van der Waals surface area contributed by atoms with Gasteiger partial charge in [-0.1, -0.05) is 127 Å². The monoisotopic (exact) mass is 496 g/mol. The number of benzene rings is 4. The summed E-state index contributed by atoms with van der Waals surface area (Å²) >= 11 is 0. The van der Waals surface area contributed by atoms with Crippen molar-refractivity contribution in [3.05, 3.63) is 144 Å². The Morgan fingerprint density at radius 1 is 0.541 bits per heavy atom. The molecule has 1 heterocycles. The lowest BCUT2D eigenvalue weighted by atomic mass is 10.0. The second-order valence-corrected chi connectivity index (χ2v) is 8.95. The van der Waals surface area contributed by atoms with E-state index in [9.17, 15) is 0 Å². The Kier molecular flexibility index (Phi) is 11.4. The van der Waals surface area contributed by atoms with Crippen LogP contribution in [0.1, 0.15) is 23.1 Å². The van der Waals surface area contributed by atoms with Gasteiger partial charge in [-0.15, -0.1) is 0 Å². The molecule has 5 rings (SSSR count). The molecule has 0 aromatic heterocycles. The van der Waals surface area contributed by atoms with Gasteiger partial charge in [0.15, 0.2) is 0 Å². The van der Waals surface area contributed by atoms with Crippen molar-refractivity contribution in [2.75, 3.05) is 13.2 Å². The molecule has 0 saturated carbocycles. The average Bonchev–Trinajstić information content (AvgIpc) is 2.98. The summed E-state index contributed by atoms with van der Waals surface area (Å²) in [5.41, 5.74) is 3.45. The van der Waals surface area contributed by atoms with Crippen LogP contribution in [0.5, 0.6) is 0 Å². The summed E-state index contributed by atoms with van der Waals surface area (Å²) in [6.07, 6.45) is 0.417. The molecule has 0 amide bonds. The summed E-state index contributed by atoms with van der Waals surface area (Å²) in [6, 6.07) is 42.7. The first kappa shape index (κ1) is 26.8. The maximum atomic E-state index is 6.36. The first-order valence-corrected chi connectivity index (χ1v) is 12.9. The molecular formula is C33H36O4. The largest absolute Gasteiger partial charge is 0.374 e. The predicted octanol–water partition coefficient (Wildman–Crippen LogP) is 6.85. The number of hydrogen-bond acceptors (Lipinski definition) is 4. The molecule has 1 aliphatic heterocycles. The van der Waals surface area contributed by atoms with Crippen LogP contribution < -0.4 is 0 Å². The molecule has 0 radical (unpaired) electrons. The topological polar surface area (TPSA) is 36.9 Å². The van der Waals surface area contributed by atoms with Crippen molar-refractivity contribution in [1.82, 2.24) is 0 Å². The van der Waals surface area contributed by atoms with E-state index in [0.29, 0.717) is 33.0 Å². The number of rotatable bonds is 10. The van der Waals surface area contributed by atoms with E-state index in [0.717, 1.165) is 23.1 Å². The smallest absolute Gasteiger partial charge is 0.113 e. The van der Waals surface area contributed by atoms with E-state index in [4.69, 9.17) is 18.9 Å². The zero-order valence-corrected chi connectivity index (χ0v) is 21.2. The van der Waals surface area contributed by atoms with E-state index in [1.807, 2.05) is 91.0 Å². The highest BCUT2D eigenvalue weighted by Gasteiger charge is 2.36. The minimum Gasteiger partial charge on any atom is -0.374 e. The fraction of sp³-hybridized carbons (Fsp3) is 0.273. The van der Waals surface area contributed by atoms with Gasteiger partial charge in [0.05, 0.1) is 32.5 Å². The quantitative estimate of drug-likeness (QED) is 0.241. The molecule has 0 N–H and O–H groups in total. The van der Waals surface area contributed by atoms with Crippen LogP contribution in [0.15, 0.2) is 127 Å². The van der Waals surface area contributed by atoms with Crippen LogP contribution in [0, 0.1) is 0 Å². The van der Waals surface area contributed by atoms with Crippen molar-refractivity contribution in [3.63, 3.8) is 0 Å². The van der Waals surface area contributed by atoms with Crippen LogP contribution >= 0.6 is 0 Å². The third-order valence-corrected chi connectivity index (χ3v) is 6.12. The lowest BCUT2D eigenvalue weighted by Crippen LogP contribution is -2.49. The molecule has 192 valence electrons. The van der Waals surface area contributed by atoms with E-state index in [2.05, 4.69) is 36.4 Å². The summed E-state index contributed by atoms with van der Waals surface area (Å²) < 4.78 is 24.7. The van der Waals surface area contributed by atoms with Crippen LogP contribution in [0.2, 0.25) is 0 Å². The Morgan fingerprint density at radius 2 is 0.973 bits per heavy atom. The van der Waals surface area contributed by atoms with Crippen LogP contribution in [-0.2, 0) is 38.8 Å². The van der Waals surface area contributed by atoms with Gasteiger partial charge in [0.25, 0.3) is 0 Å². The van der Waals surface area contributed by atoms with Gasteiger partial charge in [-0.05, 0) is 23.1 Å². The molecule has 4 aromatic carbocycles. The third kappa shape index (κ3) is 9.60. The molecule has 4 aromatic rings. The summed E-state index contributed by atoms with van der Waals surface area (Å²) in [7, 11) is 0. The molecule has 37 heavy (non-hydrogen) atoms. The highest BCUT2D eigenvalue weighted by atomic mass is 16.6. The van der Waals surface area contributed by atoms with Crippen molar-refractivity contribution < 1.29 is 18.9 Å². The van der Waals surface area contributed by atoms with E-state index in [-0.39, 0.29) is 18.3 Å². The standard InChI is InChI=1S/C27H30O4.C6H6/c1-4-10-22(11-5-1)18-28-21-26-27(31-20-24-14-8-3-9-15-24)25(16-17-29-26)30-19-23-12-6-2-7-13-23;1-2-4-6-5-3-1/h1-15,25-27H,16-21H2;1-6H. The van der Waals surface area contributed by atoms with Gasteiger partial charge in [-0.2, -0.15) is 0 Å². The summed E-state index contributed by atoms with van der Waals surface area (Å²) in [5.74, 6) is 0. The summed E-state index contributed by atoms with van der Waals surface area (Å²) in [4.78, 5) is 0. The maximum Gasteiger partial charge on any atom is 0.113 e. The molecule has 3 unspecified atom stereocenters. The van der Waals surface area contributed by atoms with Gasteiger partial charge in [0.1, 0.15) is 12.2 Å². The molecule has 0 aliphatic carbocycles. The van der Waals surface area contributed by atoms with E-state index in [1.165, 1.54) is 0 Å². The van der Waals surface area contributed by atoms with Gasteiger partial charge in [0, 0.05) is 6.61 Å². The van der Waals surface area contributed by atoms with Gasteiger partial charge < -0.3 is 18.9 Å². The highest BCUT2D eigenvalue weighted by Crippen LogP contribution is 2.24.